The third-order valence-electron chi connectivity index (χ3n) is 7.00. The third kappa shape index (κ3) is 5.81. The lowest BCUT2D eigenvalue weighted by Gasteiger charge is -2.36. The van der Waals surface area contributed by atoms with E-state index in [0.717, 1.165) is 16.3 Å². The summed E-state index contributed by atoms with van der Waals surface area (Å²) in [7, 11) is 0. The molecule has 38 heavy (non-hydrogen) atoms. The van der Waals surface area contributed by atoms with Crippen LogP contribution in [0.3, 0.4) is 0 Å². The number of carbonyl (C=O) groups is 4. The maximum Gasteiger partial charge on any atom is 0.250 e. The molecule has 0 aliphatic carbocycles. The van der Waals surface area contributed by atoms with Gasteiger partial charge in [-0.2, -0.15) is 0 Å². The molecule has 3 aromatic carbocycles. The summed E-state index contributed by atoms with van der Waals surface area (Å²) in [6.45, 7) is 3.16. The Hall–Kier alpha value is -3.91. The first kappa shape index (κ1) is 27.1. The second-order valence-corrected chi connectivity index (χ2v) is 10.0. The molecular formula is C29H31ClN4O4. The van der Waals surface area contributed by atoms with Gasteiger partial charge in [-0.3, -0.25) is 19.2 Å². The van der Waals surface area contributed by atoms with Crippen LogP contribution in [0.2, 0.25) is 5.02 Å². The van der Waals surface area contributed by atoms with E-state index in [4.69, 9.17) is 17.3 Å². The van der Waals surface area contributed by atoms with Crippen LogP contribution in [0.5, 0.6) is 0 Å². The fraction of sp³-hybridized carbons (Fsp3) is 0.310. The number of halogens is 1. The third-order valence-corrected chi connectivity index (χ3v) is 7.23. The molecule has 8 nitrogen and oxygen atoms in total. The largest absolute Gasteiger partial charge is 0.368 e. The zero-order chi connectivity index (χ0) is 27.4. The van der Waals surface area contributed by atoms with Gasteiger partial charge >= 0.3 is 0 Å². The van der Waals surface area contributed by atoms with Gasteiger partial charge in [0.1, 0.15) is 12.1 Å². The first-order valence-electron chi connectivity index (χ1n) is 12.5. The van der Waals surface area contributed by atoms with Crippen LogP contribution >= 0.6 is 11.6 Å². The molecule has 3 unspecified atom stereocenters. The summed E-state index contributed by atoms with van der Waals surface area (Å²) in [5, 5.41) is 4.95. The van der Waals surface area contributed by atoms with Gasteiger partial charge in [-0.25, -0.2) is 0 Å². The number of nitrogens with two attached hydrogens (primary N) is 1. The molecule has 0 saturated carbocycles. The van der Waals surface area contributed by atoms with Crippen LogP contribution in [0, 0.1) is 0 Å². The SMILES string of the molecule is CC(=O)NCC(=O)N1C(C)CCN(C(Cc2cccc3ccccc23)C(N)=O)C(=O)C1c1cccc(Cl)c1. The van der Waals surface area contributed by atoms with E-state index in [-0.39, 0.29) is 31.5 Å². The first-order chi connectivity index (χ1) is 18.2. The maximum absolute atomic E-state index is 14.2. The highest BCUT2D eigenvalue weighted by Crippen LogP contribution is 2.33. The van der Waals surface area contributed by atoms with Crippen molar-refractivity contribution in [2.24, 2.45) is 5.73 Å². The molecule has 0 radical (unpaired) electrons. The molecule has 3 aromatic rings. The van der Waals surface area contributed by atoms with Gasteiger partial charge in [0.15, 0.2) is 0 Å². The summed E-state index contributed by atoms with van der Waals surface area (Å²) in [6, 6.07) is 18.1. The normalized spacial score (nSPS) is 18.7. The summed E-state index contributed by atoms with van der Waals surface area (Å²) in [5.74, 6) is -1.80. The topological polar surface area (TPSA) is 113 Å². The summed E-state index contributed by atoms with van der Waals surface area (Å²) < 4.78 is 0. The molecule has 3 N–H and O–H groups in total. The van der Waals surface area contributed by atoms with Gasteiger partial charge in [-0.1, -0.05) is 66.2 Å². The molecule has 1 fully saturated rings. The second-order valence-electron chi connectivity index (χ2n) is 9.60. The van der Waals surface area contributed by atoms with Crippen molar-refractivity contribution >= 4 is 46.0 Å². The molecule has 4 rings (SSSR count). The highest BCUT2D eigenvalue weighted by atomic mass is 35.5. The minimum Gasteiger partial charge on any atom is -0.368 e. The van der Waals surface area contributed by atoms with Crippen LogP contribution in [0.4, 0.5) is 0 Å². The van der Waals surface area contributed by atoms with Gasteiger partial charge in [-0.15, -0.1) is 0 Å². The number of primary amides is 1. The predicted octanol–water partition coefficient (Wildman–Crippen LogP) is 3.22. The Labute approximate surface area is 226 Å². The van der Waals surface area contributed by atoms with Gasteiger partial charge < -0.3 is 20.9 Å². The number of carbonyl (C=O) groups excluding carboxylic acids is 4. The fourth-order valence-corrected chi connectivity index (χ4v) is 5.32. The Morgan fingerprint density at radius 1 is 1.08 bits per heavy atom. The van der Waals surface area contributed by atoms with Crippen molar-refractivity contribution in [3.8, 4) is 0 Å². The quantitative estimate of drug-likeness (QED) is 0.484. The molecule has 0 spiro atoms. The zero-order valence-electron chi connectivity index (χ0n) is 21.4. The van der Waals surface area contributed by atoms with Crippen molar-refractivity contribution < 1.29 is 19.2 Å². The molecule has 0 bridgehead atoms. The molecule has 1 aliphatic heterocycles. The number of fused-ring (bicyclic) bond motifs is 1. The highest BCUT2D eigenvalue weighted by Gasteiger charge is 2.43. The van der Waals surface area contributed by atoms with E-state index in [1.54, 1.807) is 24.3 Å². The molecule has 1 saturated heterocycles. The van der Waals surface area contributed by atoms with Crippen molar-refractivity contribution in [1.29, 1.82) is 0 Å². The van der Waals surface area contributed by atoms with Crippen LogP contribution in [-0.2, 0) is 25.6 Å². The Kier molecular flexibility index (Phi) is 8.32. The lowest BCUT2D eigenvalue weighted by molar-refractivity contribution is -0.148. The Bertz CT molecular complexity index is 1370. The average molecular weight is 535 g/mol. The lowest BCUT2D eigenvalue weighted by Crippen LogP contribution is -2.53. The predicted molar refractivity (Wildman–Crippen MR) is 146 cm³/mol. The van der Waals surface area contributed by atoms with Crippen LogP contribution in [0.15, 0.2) is 66.7 Å². The zero-order valence-corrected chi connectivity index (χ0v) is 22.1. The van der Waals surface area contributed by atoms with Crippen molar-refractivity contribution in [3.63, 3.8) is 0 Å². The van der Waals surface area contributed by atoms with Crippen molar-refractivity contribution in [2.75, 3.05) is 13.1 Å². The lowest BCUT2D eigenvalue weighted by atomic mass is 9.96. The molecule has 3 atom stereocenters. The second kappa shape index (κ2) is 11.6. The summed E-state index contributed by atoms with van der Waals surface area (Å²) in [5.41, 5.74) is 7.33. The number of hydrogen-bond donors (Lipinski definition) is 2. The summed E-state index contributed by atoms with van der Waals surface area (Å²) >= 11 is 6.27. The Morgan fingerprint density at radius 2 is 1.79 bits per heavy atom. The molecule has 0 aromatic heterocycles. The fourth-order valence-electron chi connectivity index (χ4n) is 5.12. The molecule has 4 amide bonds. The van der Waals surface area contributed by atoms with Gasteiger partial charge in [0.2, 0.25) is 17.7 Å². The van der Waals surface area contributed by atoms with Crippen LogP contribution in [0.25, 0.3) is 10.8 Å². The number of benzene rings is 3. The molecule has 1 aliphatic rings. The van der Waals surface area contributed by atoms with Gasteiger partial charge in [0, 0.05) is 31.0 Å². The van der Waals surface area contributed by atoms with E-state index in [2.05, 4.69) is 5.32 Å². The maximum atomic E-state index is 14.2. The molecule has 9 heteroatoms. The van der Waals surface area contributed by atoms with E-state index in [0.29, 0.717) is 17.0 Å². The highest BCUT2D eigenvalue weighted by molar-refractivity contribution is 6.30. The van der Waals surface area contributed by atoms with Crippen molar-refractivity contribution in [2.45, 2.75) is 44.8 Å². The summed E-state index contributed by atoms with van der Waals surface area (Å²) in [4.78, 5) is 54.9. The number of nitrogens with zero attached hydrogens (tertiary/aromatic N) is 2. The monoisotopic (exact) mass is 534 g/mol. The molecule has 1 heterocycles. The number of amides is 4. The van der Waals surface area contributed by atoms with E-state index in [1.165, 1.54) is 16.7 Å². The number of hydrogen-bond acceptors (Lipinski definition) is 4. The van der Waals surface area contributed by atoms with Crippen LogP contribution in [-0.4, -0.2) is 58.6 Å². The van der Waals surface area contributed by atoms with Crippen molar-refractivity contribution in [3.05, 3.63) is 82.9 Å². The van der Waals surface area contributed by atoms with Crippen LogP contribution in [0.1, 0.15) is 37.4 Å². The average Bonchev–Trinajstić information content (AvgIpc) is 3.01. The van der Waals surface area contributed by atoms with Crippen molar-refractivity contribution in [1.82, 2.24) is 15.1 Å². The summed E-state index contributed by atoms with van der Waals surface area (Å²) in [6.07, 6.45) is 0.660. The molecular weight excluding hydrogens is 504 g/mol. The van der Waals surface area contributed by atoms with E-state index in [1.807, 2.05) is 49.4 Å². The number of nitrogens with one attached hydrogen (secondary N) is 1. The first-order valence-corrected chi connectivity index (χ1v) is 12.9. The minimum absolute atomic E-state index is 0.235. The standard InChI is InChI=1S/C29H31ClN4O4/c1-18-13-14-33(25(28(31)37)16-21-9-5-8-20-7-3-4-12-24(20)21)29(38)27(22-10-6-11-23(30)15-22)34(18)26(36)17-32-19(2)35/h3-12,15,18,25,27H,13-14,16-17H2,1-2H3,(H2,31,37)(H,32,35). The smallest absolute Gasteiger partial charge is 0.250 e. The van der Waals surface area contributed by atoms with E-state index >= 15 is 0 Å². The Morgan fingerprint density at radius 3 is 2.50 bits per heavy atom. The number of rotatable bonds is 7. The van der Waals surface area contributed by atoms with Gasteiger partial charge in [0.05, 0.1) is 6.54 Å². The Balaban J connectivity index is 1.75. The van der Waals surface area contributed by atoms with Gasteiger partial charge in [0.25, 0.3) is 5.91 Å². The van der Waals surface area contributed by atoms with E-state index in [9.17, 15) is 19.2 Å². The van der Waals surface area contributed by atoms with E-state index < -0.39 is 29.8 Å². The minimum atomic E-state index is -1.04. The molecule has 198 valence electrons. The van der Waals surface area contributed by atoms with Crippen LogP contribution < -0.4 is 11.1 Å². The van der Waals surface area contributed by atoms with Gasteiger partial charge in [-0.05, 0) is 47.4 Å².